The largest absolute Gasteiger partial charge is 0.507 e. The first kappa shape index (κ1) is 17.5. The molecule has 2 aromatic carbocycles. The molecule has 2 aromatic rings. The quantitative estimate of drug-likeness (QED) is 0.760. The third kappa shape index (κ3) is 2.69. The number of phenols is 3. The van der Waals surface area contributed by atoms with Crippen LogP contribution in [0, 0.1) is 0 Å². The van der Waals surface area contributed by atoms with E-state index in [4.69, 9.17) is 18.9 Å². The van der Waals surface area contributed by atoms with E-state index in [0.717, 1.165) is 6.07 Å². The van der Waals surface area contributed by atoms with Gasteiger partial charge in [-0.1, -0.05) is 0 Å². The molecule has 0 aliphatic carbocycles. The summed E-state index contributed by atoms with van der Waals surface area (Å²) < 4.78 is 21.1. The van der Waals surface area contributed by atoms with Crippen LogP contribution in [-0.2, 0) is 0 Å². The Kier molecular flexibility index (Phi) is 4.41. The van der Waals surface area contributed by atoms with Crippen LogP contribution in [0.1, 0.15) is 28.4 Å². The Balaban J connectivity index is 2.08. The summed E-state index contributed by atoms with van der Waals surface area (Å²) in [7, 11) is 4.11. The Morgan fingerprint density at radius 3 is 2.27 bits per heavy atom. The van der Waals surface area contributed by atoms with Crippen molar-refractivity contribution in [1.82, 2.24) is 0 Å². The molecule has 3 rings (SSSR count). The van der Waals surface area contributed by atoms with E-state index in [2.05, 4.69) is 0 Å². The van der Waals surface area contributed by atoms with Gasteiger partial charge in [0.25, 0.3) is 0 Å². The van der Waals surface area contributed by atoms with Gasteiger partial charge < -0.3 is 34.3 Å². The lowest BCUT2D eigenvalue weighted by Gasteiger charge is -2.27. The van der Waals surface area contributed by atoms with Crippen LogP contribution in [-0.4, -0.2) is 42.4 Å². The second-order valence-corrected chi connectivity index (χ2v) is 5.65. The van der Waals surface area contributed by atoms with E-state index >= 15 is 0 Å². The molecule has 0 aromatic heterocycles. The summed E-state index contributed by atoms with van der Waals surface area (Å²) in [6.45, 7) is 0. The highest BCUT2D eigenvalue weighted by Gasteiger charge is 2.35. The number of carbonyl (C=O) groups excluding carboxylic acids is 1. The van der Waals surface area contributed by atoms with Crippen molar-refractivity contribution in [3.63, 3.8) is 0 Å². The molecule has 0 saturated heterocycles. The fourth-order valence-electron chi connectivity index (χ4n) is 2.95. The predicted octanol–water partition coefficient (Wildman–Crippen LogP) is 2.54. The molecular formula is C18H18O8. The van der Waals surface area contributed by atoms with Gasteiger partial charge in [-0.3, -0.25) is 4.79 Å². The lowest BCUT2D eigenvalue weighted by Crippen LogP contribution is -2.21. The van der Waals surface area contributed by atoms with Crippen LogP contribution >= 0.6 is 0 Å². The number of methoxy groups -OCH3 is 3. The molecule has 0 amide bonds. The van der Waals surface area contributed by atoms with Gasteiger partial charge in [-0.05, 0) is 6.07 Å². The van der Waals surface area contributed by atoms with E-state index in [1.165, 1.54) is 33.5 Å². The van der Waals surface area contributed by atoms with Gasteiger partial charge in [-0.2, -0.15) is 0 Å². The Morgan fingerprint density at radius 1 is 0.962 bits per heavy atom. The van der Waals surface area contributed by atoms with E-state index in [-0.39, 0.29) is 63.6 Å². The first-order valence-electron chi connectivity index (χ1n) is 7.68. The molecule has 0 spiro atoms. The highest BCUT2D eigenvalue weighted by molar-refractivity contribution is 6.03. The Bertz CT molecular complexity index is 874. The molecular weight excluding hydrogens is 344 g/mol. The number of hydrogen-bond donors (Lipinski definition) is 3. The molecule has 1 atom stereocenters. The van der Waals surface area contributed by atoms with Crippen molar-refractivity contribution in [3.05, 3.63) is 29.3 Å². The average Bonchev–Trinajstić information content (AvgIpc) is 2.61. The number of aromatic hydroxyl groups is 3. The molecule has 1 unspecified atom stereocenters. The number of benzene rings is 2. The van der Waals surface area contributed by atoms with Crippen LogP contribution in [0.4, 0.5) is 0 Å². The maximum Gasteiger partial charge on any atom is 0.204 e. The third-order valence-electron chi connectivity index (χ3n) is 4.20. The van der Waals surface area contributed by atoms with Crippen molar-refractivity contribution in [3.8, 4) is 40.2 Å². The number of hydrogen-bond acceptors (Lipinski definition) is 8. The van der Waals surface area contributed by atoms with E-state index in [0.29, 0.717) is 0 Å². The van der Waals surface area contributed by atoms with Gasteiger partial charge in [-0.15, -0.1) is 0 Å². The molecule has 8 heteroatoms. The molecule has 0 bridgehead atoms. The van der Waals surface area contributed by atoms with Crippen molar-refractivity contribution in [2.24, 2.45) is 0 Å². The highest BCUT2D eigenvalue weighted by Crippen LogP contribution is 2.50. The molecule has 1 heterocycles. The first-order chi connectivity index (χ1) is 12.4. The molecule has 1 aliphatic heterocycles. The number of rotatable bonds is 4. The fraction of sp³-hybridized carbons (Fsp3) is 0.278. The maximum absolute atomic E-state index is 12.6. The Labute approximate surface area is 149 Å². The topological polar surface area (TPSA) is 115 Å². The van der Waals surface area contributed by atoms with Crippen molar-refractivity contribution >= 4 is 5.78 Å². The van der Waals surface area contributed by atoms with Crippen molar-refractivity contribution < 1.29 is 39.1 Å². The lowest BCUT2D eigenvalue weighted by atomic mass is 9.94. The van der Waals surface area contributed by atoms with Crippen LogP contribution in [0.15, 0.2) is 18.2 Å². The molecule has 0 radical (unpaired) electrons. The van der Waals surface area contributed by atoms with Gasteiger partial charge in [-0.25, -0.2) is 0 Å². The number of Topliss-reactive ketones (excluding diaryl/α,β-unsaturated/α-hetero) is 1. The molecule has 3 N–H and O–H groups in total. The summed E-state index contributed by atoms with van der Waals surface area (Å²) in [6.07, 6.45) is -0.959. The minimum atomic E-state index is -0.831. The smallest absolute Gasteiger partial charge is 0.204 e. The fourth-order valence-corrected chi connectivity index (χ4v) is 2.95. The second kappa shape index (κ2) is 6.55. The Hall–Kier alpha value is -3.29. The van der Waals surface area contributed by atoms with Gasteiger partial charge in [0.1, 0.15) is 23.2 Å². The number of fused-ring (bicyclic) bond motifs is 1. The number of carbonyl (C=O) groups is 1. The number of ketones is 1. The van der Waals surface area contributed by atoms with Gasteiger partial charge in [0.2, 0.25) is 5.75 Å². The molecule has 1 aliphatic rings. The first-order valence-corrected chi connectivity index (χ1v) is 7.68. The SMILES string of the molecule is COc1cc(C2CC(=O)c3c(cc(OC)c(OC)c3O)O2)c(O)cc1O. The summed E-state index contributed by atoms with van der Waals surface area (Å²) in [6, 6.07) is 3.95. The zero-order valence-electron chi connectivity index (χ0n) is 14.4. The average molecular weight is 362 g/mol. The van der Waals surface area contributed by atoms with E-state index in [1.54, 1.807) is 0 Å². The van der Waals surface area contributed by atoms with E-state index in [9.17, 15) is 20.1 Å². The minimum Gasteiger partial charge on any atom is -0.507 e. The number of phenolic OH excluding ortho intramolecular Hbond substituents is 3. The van der Waals surface area contributed by atoms with Gasteiger partial charge in [0.05, 0.1) is 27.8 Å². The normalized spacial score (nSPS) is 15.8. The summed E-state index contributed by atoms with van der Waals surface area (Å²) in [4.78, 5) is 12.6. The molecule has 8 nitrogen and oxygen atoms in total. The molecule has 0 fully saturated rings. The van der Waals surface area contributed by atoms with Crippen LogP contribution in [0.2, 0.25) is 0 Å². The van der Waals surface area contributed by atoms with Crippen LogP contribution in [0.25, 0.3) is 0 Å². The minimum absolute atomic E-state index is 0.0101. The Morgan fingerprint density at radius 2 is 1.65 bits per heavy atom. The predicted molar refractivity (Wildman–Crippen MR) is 89.9 cm³/mol. The van der Waals surface area contributed by atoms with E-state index < -0.39 is 6.10 Å². The summed E-state index contributed by atoms with van der Waals surface area (Å²) in [5, 5.41) is 30.2. The van der Waals surface area contributed by atoms with Gasteiger partial charge in [0.15, 0.2) is 28.8 Å². The monoisotopic (exact) mass is 362 g/mol. The van der Waals surface area contributed by atoms with Crippen molar-refractivity contribution in [1.29, 1.82) is 0 Å². The zero-order chi connectivity index (χ0) is 19.0. The zero-order valence-corrected chi connectivity index (χ0v) is 14.4. The standard InChI is InChI=1S/C18H18O8/c1-23-13-4-8(9(19)5-10(13)20)12-6-11(21)16-14(26-12)7-15(24-2)18(25-3)17(16)22/h4-5,7,12,19-20,22H,6H2,1-3H3. The lowest BCUT2D eigenvalue weighted by molar-refractivity contribution is 0.0840. The second-order valence-electron chi connectivity index (χ2n) is 5.65. The van der Waals surface area contributed by atoms with Crippen molar-refractivity contribution in [2.75, 3.05) is 21.3 Å². The summed E-state index contributed by atoms with van der Waals surface area (Å²) in [5.41, 5.74) is 0.261. The number of ether oxygens (including phenoxy) is 4. The molecule has 0 saturated carbocycles. The van der Waals surface area contributed by atoms with E-state index in [1.807, 2.05) is 0 Å². The maximum atomic E-state index is 12.6. The van der Waals surface area contributed by atoms with Crippen LogP contribution in [0.5, 0.6) is 40.2 Å². The third-order valence-corrected chi connectivity index (χ3v) is 4.20. The van der Waals surface area contributed by atoms with Gasteiger partial charge in [0, 0.05) is 17.7 Å². The highest BCUT2D eigenvalue weighted by atomic mass is 16.5. The molecule has 138 valence electrons. The summed E-state index contributed by atoms with van der Waals surface area (Å²) >= 11 is 0. The van der Waals surface area contributed by atoms with Gasteiger partial charge >= 0.3 is 0 Å². The molecule has 26 heavy (non-hydrogen) atoms. The van der Waals surface area contributed by atoms with Crippen LogP contribution < -0.4 is 18.9 Å². The van der Waals surface area contributed by atoms with Crippen LogP contribution in [0.3, 0.4) is 0 Å². The van der Waals surface area contributed by atoms with Crippen molar-refractivity contribution in [2.45, 2.75) is 12.5 Å². The summed E-state index contributed by atoms with van der Waals surface area (Å²) in [5.74, 6) is -0.753.